The van der Waals surface area contributed by atoms with Crippen LogP contribution in [0.25, 0.3) is 0 Å². The average Bonchev–Trinajstić information content (AvgIpc) is 2.72. The normalized spacial score (nSPS) is 10.5. The number of carboxylic acids is 2. The quantitative estimate of drug-likeness (QED) is 0.647. The maximum atomic E-state index is 10.8. The van der Waals surface area contributed by atoms with Crippen molar-refractivity contribution in [2.24, 2.45) is 0 Å². The van der Waals surface area contributed by atoms with Gasteiger partial charge in [0.2, 0.25) is 0 Å². The van der Waals surface area contributed by atoms with E-state index in [-0.39, 0.29) is 6.42 Å². The molecular formula is C24H28N2O4. The van der Waals surface area contributed by atoms with Crippen LogP contribution in [0.1, 0.15) is 40.2 Å². The summed E-state index contributed by atoms with van der Waals surface area (Å²) in [6.07, 6.45) is 6.97. The Morgan fingerprint density at radius 3 is 1.53 bits per heavy atom. The molecule has 2 aromatic heterocycles. The molecule has 30 heavy (non-hydrogen) atoms. The molecule has 0 unspecified atom stereocenters. The largest absolute Gasteiger partial charge is 0.481 e. The monoisotopic (exact) mass is 408 g/mol. The van der Waals surface area contributed by atoms with Crippen molar-refractivity contribution in [1.82, 2.24) is 9.97 Å². The van der Waals surface area contributed by atoms with E-state index in [0.29, 0.717) is 5.56 Å². The SMILES string of the molecule is Cc1ccncc1C.Cc1ccncc1C.O=C(O)C[C@H](C(=O)O)c1ccccc1. The number of pyridine rings is 2. The van der Waals surface area contributed by atoms with Gasteiger partial charge in [-0.3, -0.25) is 19.6 Å². The first-order chi connectivity index (χ1) is 14.2. The summed E-state index contributed by atoms with van der Waals surface area (Å²) in [5.41, 5.74) is 5.64. The number of carbonyl (C=O) groups is 2. The first-order valence-electron chi connectivity index (χ1n) is 9.46. The van der Waals surface area contributed by atoms with Gasteiger partial charge in [0.25, 0.3) is 0 Å². The van der Waals surface area contributed by atoms with Crippen molar-refractivity contribution in [3.8, 4) is 0 Å². The van der Waals surface area contributed by atoms with Crippen LogP contribution in [0.2, 0.25) is 0 Å². The van der Waals surface area contributed by atoms with Crippen LogP contribution < -0.4 is 0 Å². The Morgan fingerprint density at radius 2 is 1.23 bits per heavy atom. The summed E-state index contributed by atoms with van der Waals surface area (Å²) in [5.74, 6) is -3.19. The molecule has 158 valence electrons. The zero-order valence-electron chi connectivity index (χ0n) is 17.7. The van der Waals surface area contributed by atoms with Gasteiger partial charge in [0.05, 0.1) is 12.3 Å². The molecule has 3 rings (SSSR count). The van der Waals surface area contributed by atoms with E-state index in [0.717, 1.165) is 0 Å². The van der Waals surface area contributed by atoms with E-state index in [9.17, 15) is 9.59 Å². The Kier molecular flexibility index (Phi) is 10.5. The van der Waals surface area contributed by atoms with Crippen LogP contribution in [0.3, 0.4) is 0 Å². The van der Waals surface area contributed by atoms with Crippen LogP contribution in [0, 0.1) is 27.7 Å². The Morgan fingerprint density at radius 1 is 0.767 bits per heavy atom. The predicted octanol–water partition coefficient (Wildman–Crippen LogP) is 4.73. The number of carboxylic acid groups (broad SMARTS) is 2. The van der Waals surface area contributed by atoms with E-state index in [4.69, 9.17) is 10.2 Å². The second kappa shape index (κ2) is 12.8. The number of rotatable bonds is 4. The van der Waals surface area contributed by atoms with E-state index < -0.39 is 17.9 Å². The Balaban J connectivity index is 0.000000240. The minimum atomic E-state index is -1.11. The molecular weight excluding hydrogens is 380 g/mol. The highest BCUT2D eigenvalue weighted by molar-refractivity contribution is 5.82. The number of aryl methyl sites for hydroxylation is 4. The van der Waals surface area contributed by atoms with Gasteiger partial charge >= 0.3 is 11.9 Å². The lowest BCUT2D eigenvalue weighted by atomic mass is 9.96. The molecule has 6 nitrogen and oxygen atoms in total. The molecule has 0 aliphatic carbocycles. The molecule has 0 spiro atoms. The van der Waals surface area contributed by atoms with E-state index >= 15 is 0 Å². The van der Waals surface area contributed by atoms with Crippen LogP contribution in [0.4, 0.5) is 0 Å². The second-order valence-electron chi connectivity index (χ2n) is 6.82. The van der Waals surface area contributed by atoms with Crippen molar-refractivity contribution in [1.29, 1.82) is 0 Å². The van der Waals surface area contributed by atoms with Crippen molar-refractivity contribution < 1.29 is 19.8 Å². The third-order valence-electron chi connectivity index (χ3n) is 4.48. The fourth-order valence-electron chi connectivity index (χ4n) is 2.29. The second-order valence-corrected chi connectivity index (χ2v) is 6.82. The maximum absolute atomic E-state index is 10.8. The zero-order valence-corrected chi connectivity index (χ0v) is 17.7. The van der Waals surface area contributed by atoms with Gasteiger partial charge in [-0.25, -0.2) is 0 Å². The number of aromatic nitrogens is 2. The topological polar surface area (TPSA) is 100 Å². The predicted molar refractivity (Wildman–Crippen MR) is 116 cm³/mol. The van der Waals surface area contributed by atoms with Crippen LogP contribution in [0.5, 0.6) is 0 Å². The van der Waals surface area contributed by atoms with Crippen LogP contribution in [-0.4, -0.2) is 32.1 Å². The summed E-state index contributed by atoms with van der Waals surface area (Å²) in [6, 6.07) is 12.4. The van der Waals surface area contributed by atoms with Gasteiger partial charge in [0.15, 0.2) is 0 Å². The van der Waals surface area contributed by atoms with Crippen molar-refractivity contribution in [2.75, 3.05) is 0 Å². The molecule has 0 saturated heterocycles. The molecule has 0 radical (unpaired) electrons. The summed E-state index contributed by atoms with van der Waals surface area (Å²) in [6.45, 7) is 8.28. The van der Waals surface area contributed by atoms with Gasteiger partial charge in [-0.15, -0.1) is 0 Å². The molecule has 0 aliphatic heterocycles. The highest BCUT2D eigenvalue weighted by Gasteiger charge is 2.22. The third-order valence-corrected chi connectivity index (χ3v) is 4.48. The molecule has 0 fully saturated rings. The first kappa shape index (κ1) is 24.5. The smallest absolute Gasteiger partial charge is 0.311 e. The average molecular weight is 408 g/mol. The lowest BCUT2D eigenvalue weighted by Crippen LogP contribution is -2.15. The number of hydrogen-bond acceptors (Lipinski definition) is 4. The summed E-state index contributed by atoms with van der Waals surface area (Å²) in [5, 5.41) is 17.3. The number of hydrogen-bond donors (Lipinski definition) is 2. The van der Waals surface area contributed by atoms with E-state index in [1.54, 1.807) is 30.3 Å². The van der Waals surface area contributed by atoms with E-state index in [2.05, 4.69) is 37.7 Å². The van der Waals surface area contributed by atoms with Gasteiger partial charge in [-0.2, -0.15) is 0 Å². The highest BCUT2D eigenvalue weighted by Crippen LogP contribution is 2.19. The lowest BCUT2D eigenvalue weighted by molar-refractivity contribution is -0.145. The lowest BCUT2D eigenvalue weighted by Gasteiger charge is -2.09. The number of nitrogens with zero attached hydrogens (tertiary/aromatic N) is 2. The fourth-order valence-corrected chi connectivity index (χ4v) is 2.29. The molecule has 0 aliphatic rings. The molecule has 1 aromatic carbocycles. The summed E-state index contributed by atoms with van der Waals surface area (Å²) >= 11 is 0. The maximum Gasteiger partial charge on any atom is 0.311 e. The fraction of sp³-hybridized carbons (Fsp3) is 0.250. The molecule has 1 atom stereocenters. The molecule has 2 heterocycles. The Labute approximate surface area is 177 Å². The van der Waals surface area contributed by atoms with Crippen molar-refractivity contribution in [2.45, 2.75) is 40.0 Å². The van der Waals surface area contributed by atoms with Gasteiger partial charge in [-0.1, -0.05) is 30.3 Å². The van der Waals surface area contributed by atoms with Gasteiger partial charge in [0.1, 0.15) is 0 Å². The van der Waals surface area contributed by atoms with Crippen LogP contribution in [-0.2, 0) is 9.59 Å². The molecule has 0 bridgehead atoms. The number of benzene rings is 1. The zero-order chi connectivity index (χ0) is 22.5. The van der Waals surface area contributed by atoms with Gasteiger partial charge < -0.3 is 10.2 Å². The van der Waals surface area contributed by atoms with Crippen LogP contribution >= 0.6 is 0 Å². The summed E-state index contributed by atoms with van der Waals surface area (Å²) in [7, 11) is 0. The molecule has 0 saturated carbocycles. The Hall–Kier alpha value is -3.54. The standard InChI is InChI=1S/C10H10O4.2C7H9N/c11-9(12)6-8(10(13)14)7-4-2-1-3-5-7;2*1-6-3-4-8-5-7(6)2/h1-5,8H,6H2,(H,11,12)(H,13,14);2*3-5H,1-2H3/t8-;;/m0../s1. The van der Waals surface area contributed by atoms with Crippen molar-refractivity contribution >= 4 is 11.9 Å². The number of aliphatic carboxylic acids is 2. The van der Waals surface area contributed by atoms with Gasteiger partial charge in [0, 0.05) is 24.8 Å². The van der Waals surface area contributed by atoms with Gasteiger partial charge in [-0.05, 0) is 67.6 Å². The van der Waals surface area contributed by atoms with Crippen molar-refractivity contribution in [3.05, 3.63) is 95.1 Å². The van der Waals surface area contributed by atoms with E-state index in [1.165, 1.54) is 22.3 Å². The van der Waals surface area contributed by atoms with E-state index in [1.807, 2.05) is 36.9 Å². The Bertz CT molecular complexity index is 857. The molecule has 3 aromatic rings. The highest BCUT2D eigenvalue weighted by atomic mass is 16.4. The minimum absolute atomic E-state index is 0.390. The summed E-state index contributed by atoms with van der Waals surface area (Å²) in [4.78, 5) is 29.1. The molecule has 6 heteroatoms. The van der Waals surface area contributed by atoms with Crippen LogP contribution in [0.15, 0.2) is 67.3 Å². The van der Waals surface area contributed by atoms with Crippen molar-refractivity contribution in [3.63, 3.8) is 0 Å². The molecule has 2 N–H and O–H groups in total. The summed E-state index contributed by atoms with van der Waals surface area (Å²) < 4.78 is 0. The third kappa shape index (κ3) is 9.10. The first-order valence-corrected chi connectivity index (χ1v) is 9.46. The molecule has 0 amide bonds. The minimum Gasteiger partial charge on any atom is -0.481 e.